The van der Waals surface area contributed by atoms with Gasteiger partial charge >= 0.3 is 0 Å². The maximum atomic E-state index is 10.3. The van der Waals surface area contributed by atoms with E-state index in [0.29, 0.717) is 12.0 Å². The molecule has 0 spiro atoms. The van der Waals surface area contributed by atoms with E-state index in [2.05, 4.69) is 6.92 Å². The van der Waals surface area contributed by atoms with E-state index in [0.717, 1.165) is 25.4 Å². The number of ether oxygens (including phenoxy) is 1. The maximum absolute atomic E-state index is 10.3. The Kier molecular flexibility index (Phi) is 4.66. The van der Waals surface area contributed by atoms with Crippen molar-refractivity contribution in [1.82, 2.24) is 0 Å². The van der Waals surface area contributed by atoms with Crippen LogP contribution >= 0.6 is 0 Å². The minimum atomic E-state index is -0.113. The van der Waals surface area contributed by atoms with Gasteiger partial charge in [-0.1, -0.05) is 26.2 Å². The second kappa shape index (κ2) is 6.02. The van der Waals surface area contributed by atoms with Crippen molar-refractivity contribution in [3.05, 3.63) is 0 Å². The largest absolute Gasteiger partial charge is 0.393 e. The molecule has 0 aromatic carbocycles. The first-order chi connectivity index (χ1) is 7.79. The van der Waals surface area contributed by atoms with Gasteiger partial charge in [0, 0.05) is 6.61 Å². The third kappa shape index (κ3) is 3.21. The molecular weight excluding hydrogens is 200 g/mol. The third-order valence-corrected chi connectivity index (χ3v) is 4.47. The first kappa shape index (κ1) is 12.4. The summed E-state index contributed by atoms with van der Waals surface area (Å²) in [5.41, 5.74) is 0. The Morgan fingerprint density at radius 2 is 2.12 bits per heavy atom. The topological polar surface area (TPSA) is 29.5 Å². The molecule has 2 fully saturated rings. The van der Waals surface area contributed by atoms with Gasteiger partial charge < -0.3 is 9.84 Å². The zero-order valence-corrected chi connectivity index (χ0v) is 10.5. The molecule has 1 N–H and O–H groups in total. The number of aliphatic hydroxyl groups is 1. The second-order valence-corrected chi connectivity index (χ2v) is 5.64. The molecule has 0 bridgehead atoms. The van der Waals surface area contributed by atoms with Crippen LogP contribution in [-0.4, -0.2) is 23.9 Å². The molecule has 1 saturated carbocycles. The van der Waals surface area contributed by atoms with Gasteiger partial charge in [-0.25, -0.2) is 0 Å². The molecule has 2 rings (SSSR count). The molecule has 0 aromatic rings. The lowest BCUT2D eigenvalue weighted by Crippen LogP contribution is -2.29. The Hall–Kier alpha value is -0.0800. The lowest BCUT2D eigenvalue weighted by Gasteiger charge is -2.32. The fourth-order valence-electron chi connectivity index (χ4n) is 3.34. The van der Waals surface area contributed by atoms with E-state index in [1.165, 1.54) is 38.5 Å². The molecule has 1 aliphatic carbocycles. The van der Waals surface area contributed by atoms with Crippen molar-refractivity contribution >= 4 is 0 Å². The summed E-state index contributed by atoms with van der Waals surface area (Å²) in [6.07, 6.45) is 9.87. The van der Waals surface area contributed by atoms with Gasteiger partial charge in [0.2, 0.25) is 0 Å². The Morgan fingerprint density at radius 3 is 2.81 bits per heavy atom. The molecular formula is C14H26O2. The van der Waals surface area contributed by atoms with Gasteiger partial charge in [-0.05, 0) is 43.9 Å². The highest BCUT2D eigenvalue weighted by Gasteiger charge is 2.29. The van der Waals surface area contributed by atoms with Crippen LogP contribution < -0.4 is 0 Å². The molecule has 4 unspecified atom stereocenters. The van der Waals surface area contributed by atoms with Crippen LogP contribution in [0.15, 0.2) is 0 Å². The van der Waals surface area contributed by atoms with E-state index in [1.54, 1.807) is 0 Å². The Balaban J connectivity index is 1.76. The van der Waals surface area contributed by atoms with E-state index >= 15 is 0 Å². The molecule has 1 saturated heterocycles. The van der Waals surface area contributed by atoms with E-state index in [1.807, 2.05) is 0 Å². The molecule has 0 amide bonds. The van der Waals surface area contributed by atoms with Crippen molar-refractivity contribution in [2.24, 2.45) is 11.8 Å². The zero-order valence-electron chi connectivity index (χ0n) is 10.5. The first-order valence-corrected chi connectivity index (χ1v) is 7.09. The average molecular weight is 226 g/mol. The second-order valence-electron chi connectivity index (χ2n) is 5.64. The fourth-order valence-corrected chi connectivity index (χ4v) is 3.34. The van der Waals surface area contributed by atoms with Gasteiger partial charge in [-0.3, -0.25) is 0 Å². The summed E-state index contributed by atoms with van der Waals surface area (Å²) in [4.78, 5) is 0. The molecule has 16 heavy (non-hydrogen) atoms. The molecule has 94 valence electrons. The Bertz CT molecular complexity index is 199. The van der Waals surface area contributed by atoms with Crippen LogP contribution in [0.25, 0.3) is 0 Å². The predicted octanol–water partition coefficient (Wildman–Crippen LogP) is 3.13. The highest BCUT2D eigenvalue weighted by Crippen LogP contribution is 2.34. The molecule has 2 nitrogen and oxygen atoms in total. The number of aliphatic hydroxyl groups excluding tert-OH is 1. The molecule has 2 aliphatic rings. The third-order valence-electron chi connectivity index (χ3n) is 4.47. The summed E-state index contributed by atoms with van der Waals surface area (Å²) in [5.74, 6) is 1.40. The van der Waals surface area contributed by atoms with Crippen molar-refractivity contribution < 1.29 is 9.84 Å². The van der Waals surface area contributed by atoms with Crippen LogP contribution in [0.5, 0.6) is 0 Å². The Morgan fingerprint density at radius 1 is 1.25 bits per heavy atom. The average Bonchev–Trinajstić information content (AvgIpc) is 2.82. The van der Waals surface area contributed by atoms with Gasteiger partial charge in [-0.2, -0.15) is 0 Å². The zero-order chi connectivity index (χ0) is 11.4. The first-order valence-electron chi connectivity index (χ1n) is 7.09. The predicted molar refractivity (Wildman–Crippen MR) is 65.3 cm³/mol. The van der Waals surface area contributed by atoms with Crippen molar-refractivity contribution in [3.63, 3.8) is 0 Å². The van der Waals surface area contributed by atoms with E-state index in [9.17, 15) is 5.11 Å². The van der Waals surface area contributed by atoms with Gasteiger partial charge in [0.1, 0.15) is 0 Å². The Labute approximate surface area is 99.4 Å². The van der Waals surface area contributed by atoms with Crippen molar-refractivity contribution in [2.45, 2.75) is 70.5 Å². The quantitative estimate of drug-likeness (QED) is 0.798. The monoisotopic (exact) mass is 226 g/mol. The van der Waals surface area contributed by atoms with Gasteiger partial charge in [0.25, 0.3) is 0 Å². The van der Waals surface area contributed by atoms with Crippen LogP contribution in [0.4, 0.5) is 0 Å². The lowest BCUT2D eigenvalue weighted by molar-refractivity contribution is 0.0106. The minimum absolute atomic E-state index is 0.113. The fraction of sp³-hybridized carbons (Fsp3) is 1.00. The SMILES string of the molecule is CCC1CCCC(C(O)CC2CCCO2)C1. The number of rotatable bonds is 4. The maximum Gasteiger partial charge on any atom is 0.0600 e. The molecule has 2 heteroatoms. The minimum Gasteiger partial charge on any atom is -0.393 e. The molecule has 4 atom stereocenters. The van der Waals surface area contributed by atoms with Gasteiger partial charge in [0.05, 0.1) is 12.2 Å². The van der Waals surface area contributed by atoms with Crippen LogP contribution in [0.1, 0.15) is 58.3 Å². The van der Waals surface area contributed by atoms with Crippen LogP contribution in [-0.2, 0) is 4.74 Å². The number of hydrogen-bond acceptors (Lipinski definition) is 2. The standard InChI is InChI=1S/C14H26O2/c1-2-11-5-3-6-12(9-11)14(15)10-13-7-4-8-16-13/h11-15H,2-10H2,1H3. The van der Waals surface area contributed by atoms with E-state index in [4.69, 9.17) is 4.74 Å². The highest BCUT2D eigenvalue weighted by atomic mass is 16.5. The summed E-state index contributed by atoms with van der Waals surface area (Å²) < 4.78 is 5.61. The van der Waals surface area contributed by atoms with Gasteiger partial charge in [0.15, 0.2) is 0 Å². The summed E-state index contributed by atoms with van der Waals surface area (Å²) >= 11 is 0. The molecule has 0 aromatic heterocycles. The summed E-state index contributed by atoms with van der Waals surface area (Å²) in [6, 6.07) is 0. The summed E-state index contributed by atoms with van der Waals surface area (Å²) in [7, 11) is 0. The lowest BCUT2D eigenvalue weighted by atomic mass is 9.76. The summed E-state index contributed by atoms with van der Waals surface area (Å²) in [6.45, 7) is 3.18. The highest BCUT2D eigenvalue weighted by molar-refractivity contribution is 4.80. The summed E-state index contributed by atoms with van der Waals surface area (Å²) in [5, 5.41) is 10.3. The molecule has 0 radical (unpaired) electrons. The normalized spacial score (nSPS) is 37.5. The van der Waals surface area contributed by atoms with Crippen molar-refractivity contribution in [1.29, 1.82) is 0 Å². The van der Waals surface area contributed by atoms with Crippen LogP contribution in [0.3, 0.4) is 0 Å². The van der Waals surface area contributed by atoms with Crippen molar-refractivity contribution in [3.8, 4) is 0 Å². The van der Waals surface area contributed by atoms with E-state index in [-0.39, 0.29) is 6.10 Å². The van der Waals surface area contributed by atoms with Gasteiger partial charge in [-0.15, -0.1) is 0 Å². The molecule has 1 heterocycles. The smallest absolute Gasteiger partial charge is 0.0600 e. The van der Waals surface area contributed by atoms with E-state index < -0.39 is 0 Å². The molecule has 1 aliphatic heterocycles. The van der Waals surface area contributed by atoms with Crippen molar-refractivity contribution in [2.75, 3.05) is 6.61 Å². The number of hydrogen-bond donors (Lipinski definition) is 1. The van der Waals surface area contributed by atoms with Crippen LogP contribution in [0.2, 0.25) is 0 Å². The van der Waals surface area contributed by atoms with Crippen LogP contribution in [0, 0.1) is 11.8 Å².